The van der Waals surface area contributed by atoms with Crippen molar-refractivity contribution in [2.75, 3.05) is 24.4 Å². The SMILES string of the molecule is COc1ccc(C(=O)Nc2ccc(SC3CC(=O)N(c4c(C)cccc4C)C3=O)cc2)cc1OC. The van der Waals surface area contributed by atoms with Crippen LogP contribution in [-0.4, -0.2) is 37.2 Å². The summed E-state index contributed by atoms with van der Waals surface area (Å²) in [5.74, 6) is 0.332. The Bertz CT molecular complexity index is 1270. The fourth-order valence-corrected chi connectivity index (χ4v) is 5.11. The molecule has 0 bridgehead atoms. The maximum absolute atomic E-state index is 13.1. The molecule has 7 nitrogen and oxygen atoms in total. The summed E-state index contributed by atoms with van der Waals surface area (Å²) in [6, 6.07) is 17.9. The molecule has 1 aliphatic heterocycles. The second kappa shape index (κ2) is 10.2. The number of thioether (sulfide) groups is 1. The van der Waals surface area contributed by atoms with Crippen molar-refractivity contribution in [3.63, 3.8) is 0 Å². The summed E-state index contributed by atoms with van der Waals surface area (Å²) in [5, 5.41) is 2.36. The van der Waals surface area contributed by atoms with Gasteiger partial charge >= 0.3 is 0 Å². The third kappa shape index (κ3) is 5.02. The number of ether oxygens (including phenoxy) is 2. The summed E-state index contributed by atoms with van der Waals surface area (Å²) in [6.07, 6.45) is 0.148. The van der Waals surface area contributed by atoms with Crippen LogP contribution in [0, 0.1) is 13.8 Å². The van der Waals surface area contributed by atoms with Crippen LogP contribution >= 0.6 is 11.8 Å². The number of hydrogen-bond acceptors (Lipinski definition) is 6. The Balaban J connectivity index is 1.43. The number of amides is 3. The summed E-state index contributed by atoms with van der Waals surface area (Å²) >= 11 is 1.35. The Hall–Kier alpha value is -3.78. The van der Waals surface area contributed by atoms with Gasteiger partial charge in [0, 0.05) is 22.6 Å². The van der Waals surface area contributed by atoms with Gasteiger partial charge in [0.05, 0.1) is 25.2 Å². The van der Waals surface area contributed by atoms with E-state index >= 15 is 0 Å². The lowest BCUT2D eigenvalue weighted by Gasteiger charge is -2.19. The zero-order valence-electron chi connectivity index (χ0n) is 20.0. The highest BCUT2D eigenvalue weighted by Crippen LogP contribution is 2.36. The van der Waals surface area contributed by atoms with Crippen molar-refractivity contribution in [1.82, 2.24) is 0 Å². The second-order valence-electron chi connectivity index (χ2n) is 8.17. The molecular formula is C27H26N2O5S. The number of carbonyl (C=O) groups excluding carboxylic acids is 3. The van der Waals surface area contributed by atoms with Gasteiger partial charge in [-0.15, -0.1) is 11.8 Å². The van der Waals surface area contributed by atoms with Gasteiger partial charge in [-0.1, -0.05) is 18.2 Å². The zero-order valence-corrected chi connectivity index (χ0v) is 20.8. The Labute approximate surface area is 208 Å². The van der Waals surface area contributed by atoms with Crippen LogP contribution in [0.4, 0.5) is 11.4 Å². The number of benzene rings is 3. The van der Waals surface area contributed by atoms with Crippen molar-refractivity contribution in [1.29, 1.82) is 0 Å². The van der Waals surface area contributed by atoms with Crippen molar-refractivity contribution in [2.24, 2.45) is 0 Å². The molecule has 1 saturated heterocycles. The van der Waals surface area contributed by atoms with Crippen LogP contribution < -0.4 is 19.7 Å². The minimum Gasteiger partial charge on any atom is -0.493 e. The number of carbonyl (C=O) groups is 3. The van der Waals surface area contributed by atoms with E-state index in [2.05, 4.69) is 5.32 Å². The van der Waals surface area contributed by atoms with Gasteiger partial charge in [0.1, 0.15) is 0 Å². The molecule has 1 aliphatic rings. The number of rotatable bonds is 7. The Kier molecular flexibility index (Phi) is 7.12. The van der Waals surface area contributed by atoms with Crippen LogP contribution in [0.25, 0.3) is 0 Å². The molecule has 0 aliphatic carbocycles. The molecule has 3 amide bonds. The largest absolute Gasteiger partial charge is 0.493 e. The third-order valence-electron chi connectivity index (χ3n) is 5.80. The first-order chi connectivity index (χ1) is 16.8. The molecule has 0 saturated carbocycles. The van der Waals surface area contributed by atoms with E-state index in [4.69, 9.17) is 9.47 Å². The Morgan fingerprint density at radius 3 is 2.23 bits per heavy atom. The van der Waals surface area contributed by atoms with Crippen molar-refractivity contribution in [2.45, 2.75) is 30.4 Å². The van der Waals surface area contributed by atoms with Gasteiger partial charge in [0.25, 0.3) is 5.91 Å². The van der Waals surface area contributed by atoms with Gasteiger partial charge in [-0.25, -0.2) is 4.90 Å². The van der Waals surface area contributed by atoms with Gasteiger partial charge < -0.3 is 14.8 Å². The highest BCUT2D eigenvalue weighted by molar-refractivity contribution is 8.00. The predicted octanol–water partition coefficient (Wildman–Crippen LogP) is 5.00. The molecule has 180 valence electrons. The van der Waals surface area contributed by atoms with E-state index in [-0.39, 0.29) is 24.1 Å². The first-order valence-corrected chi connectivity index (χ1v) is 11.9. The van der Waals surface area contributed by atoms with E-state index in [1.54, 1.807) is 30.3 Å². The third-order valence-corrected chi connectivity index (χ3v) is 7.00. The minimum absolute atomic E-state index is 0.148. The van der Waals surface area contributed by atoms with Crippen LogP contribution in [0.3, 0.4) is 0 Å². The molecule has 3 aromatic carbocycles. The normalized spacial score (nSPS) is 15.3. The summed E-state index contributed by atoms with van der Waals surface area (Å²) < 4.78 is 10.5. The van der Waals surface area contributed by atoms with Gasteiger partial charge in [-0.3, -0.25) is 14.4 Å². The highest BCUT2D eigenvalue weighted by Gasteiger charge is 2.41. The zero-order chi connectivity index (χ0) is 25.1. The number of nitrogens with zero attached hydrogens (tertiary/aromatic N) is 1. The van der Waals surface area contributed by atoms with Crippen LogP contribution in [0.15, 0.2) is 65.6 Å². The van der Waals surface area contributed by atoms with E-state index < -0.39 is 5.25 Å². The van der Waals surface area contributed by atoms with E-state index in [1.807, 2.05) is 44.2 Å². The Morgan fingerprint density at radius 2 is 1.60 bits per heavy atom. The minimum atomic E-state index is -0.492. The topological polar surface area (TPSA) is 84.9 Å². The van der Waals surface area contributed by atoms with Gasteiger partial charge in [0.2, 0.25) is 11.8 Å². The molecule has 0 radical (unpaired) electrons. The number of anilines is 2. The average Bonchev–Trinajstić information content (AvgIpc) is 3.12. The molecular weight excluding hydrogens is 464 g/mol. The lowest BCUT2D eigenvalue weighted by Crippen LogP contribution is -2.32. The maximum Gasteiger partial charge on any atom is 0.255 e. The molecule has 8 heteroatoms. The average molecular weight is 491 g/mol. The molecule has 1 N–H and O–H groups in total. The number of hydrogen-bond donors (Lipinski definition) is 1. The first kappa shape index (κ1) is 24.3. The molecule has 1 atom stereocenters. The lowest BCUT2D eigenvalue weighted by atomic mass is 10.1. The van der Waals surface area contributed by atoms with Crippen LogP contribution in [0.5, 0.6) is 11.5 Å². The van der Waals surface area contributed by atoms with Gasteiger partial charge in [-0.2, -0.15) is 0 Å². The lowest BCUT2D eigenvalue weighted by molar-refractivity contribution is -0.121. The second-order valence-corrected chi connectivity index (χ2v) is 9.44. The maximum atomic E-state index is 13.1. The Morgan fingerprint density at radius 1 is 0.943 bits per heavy atom. The monoisotopic (exact) mass is 490 g/mol. The molecule has 1 fully saturated rings. The molecule has 1 unspecified atom stereocenters. The fourth-order valence-electron chi connectivity index (χ4n) is 4.05. The van der Waals surface area contributed by atoms with Crippen LogP contribution in [-0.2, 0) is 9.59 Å². The molecule has 1 heterocycles. The van der Waals surface area contributed by atoms with Crippen molar-refractivity contribution in [3.8, 4) is 11.5 Å². The first-order valence-electron chi connectivity index (χ1n) is 11.1. The van der Waals surface area contributed by atoms with E-state index in [9.17, 15) is 14.4 Å². The summed E-state index contributed by atoms with van der Waals surface area (Å²) in [5.41, 5.74) is 3.51. The van der Waals surface area contributed by atoms with Gasteiger partial charge in [0.15, 0.2) is 11.5 Å². The standard InChI is InChI=1S/C27H26N2O5S/c1-16-6-5-7-17(2)25(16)29-24(30)15-23(27(29)32)35-20-11-9-19(10-12-20)28-26(31)18-8-13-21(33-3)22(14-18)34-4/h5-14,23H,15H2,1-4H3,(H,28,31). The summed E-state index contributed by atoms with van der Waals surface area (Å²) in [4.78, 5) is 40.6. The number of aryl methyl sites for hydroxylation is 2. The summed E-state index contributed by atoms with van der Waals surface area (Å²) in [7, 11) is 3.05. The smallest absolute Gasteiger partial charge is 0.255 e. The van der Waals surface area contributed by atoms with Crippen molar-refractivity contribution in [3.05, 3.63) is 77.4 Å². The predicted molar refractivity (Wildman–Crippen MR) is 137 cm³/mol. The highest BCUT2D eigenvalue weighted by atomic mass is 32.2. The molecule has 35 heavy (non-hydrogen) atoms. The van der Waals surface area contributed by atoms with Crippen molar-refractivity contribution < 1.29 is 23.9 Å². The number of nitrogens with one attached hydrogen (secondary N) is 1. The molecule has 3 aromatic rings. The van der Waals surface area contributed by atoms with Gasteiger partial charge in [-0.05, 0) is 67.4 Å². The van der Waals surface area contributed by atoms with Crippen LogP contribution in [0.1, 0.15) is 27.9 Å². The number of methoxy groups -OCH3 is 2. The van der Waals surface area contributed by atoms with E-state index in [1.165, 1.54) is 30.9 Å². The van der Waals surface area contributed by atoms with E-state index in [0.29, 0.717) is 28.4 Å². The quantitative estimate of drug-likeness (QED) is 0.470. The summed E-state index contributed by atoms with van der Waals surface area (Å²) in [6.45, 7) is 3.80. The molecule has 0 aromatic heterocycles. The number of imide groups is 1. The number of para-hydroxylation sites is 1. The molecule has 0 spiro atoms. The van der Waals surface area contributed by atoms with E-state index in [0.717, 1.165) is 16.0 Å². The van der Waals surface area contributed by atoms with Crippen LogP contribution in [0.2, 0.25) is 0 Å². The fraction of sp³-hybridized carbons (Fsp3) is 0.222. The molecule has 4 rings (SSSR count). The van der Waals surface area contributed by atoms with Crippen molar-refractivity contribution >= 4 is 40.9 Å².